The number of likely N-dealkylation sites (tertiary alicyclic amines) is 1. The summed E-state index contributed by atoms with van der Waals surface area (Å²) in [5, 5.41) is 21.2. The van der Waals surface area contributed by atoms with Gasteiger partial charge < -0.3 is 31.9 Å². The van der Waals surface area contributed by atoms with E-state index in [9.17, 15) is 14.4 Å². The van der Waals surface area contributed by atoms with Gasteiger partial charge in [-0.25, -0.2) is 0 Å². The molecule has 2 fully saturated rings. The lowest BCUT2D eigenvalue weighted by Crippen LogP contribution is -2.55. The van der Waals surface area contributed by atoms with Gasteiger partial charge in [-0.15, -0.1) is 12.4 Å². The molecular weight excluding hydrogens is 532 g/mol. The maximum atomic E-state index is 13.6. The number of guanidine groups is 1. The van der Waals surface area contributed by atoms with Crippen LogP contribution in [0.15, 0.2) is 24.3 Å². The summed E-state index contributed by atoms with van der Waals surface area (Å²) in [5.74, 6) is -1.64. The molecule has 3 rings (SSSR count). The zero-order chi connectivity index (χ0) is 28.5. The first-order valence-electron chi connectivity index (χ1n) is 13.9. The van der Waals surface area contributed by atoms with Crippen LogP contribution in [0.2, 0.25) is 0 Å². The van der Waals surface area contributed by atoms with E-state index < -0.39 is 17.9 Å². The Morgan fingerprint density at radius 3 is 2.10 bits per heavy atom. The Labute approximate surface area is 243 Å². The van der Waals surface area contributed by atoms with Crippen molar-refractivity contribution >= 4 is 41.9 Å². The SMILES string of the molecule is CN(C)C(=O)[C@H](Cc1ccc(C(=N)N)cc1)C(=O)N[C@H](C(=O)NCC1CCN(C(=N)N)CC1)C1CCCCC1.Cl. The van der Waals surface area contributed by atoms with E-state index in [1.807, 2.05) is 4.90 Å². The summed E-state index contributed by atoms with van der Waals surface area (Å²) in [7, 11) is 3.23. The number of hydrogen-bond donors (Lipinski definition) is 6. The average molecular weight is 577 g/mol. The molecule has 1 heterocycles. The van der Waals surface area contributed by atoms with Gasteiger partial charge in [0.25, 0.3) is 0 Å². The third-order valence-electron chi connectivity index (χ3n) is 7.98. The molecule has 0 radical (unpaired) electrons. The quantitative estimate of drug-likeness (QED) is 0.139. The van der Waals surface area contributed by atoms with Crippen molar-refractivity contribution < 1.29 is 14.4 Å². The Morgan fingerprint density at radius 1 is 0.975 bits per heavy atom. The van der Waals surface area contributed by atoms with Crippen molar-refractivity contribution in [3.8, 4) is 0 Å². The molecule has 0 spiro atoms. The molecule has 0 bridgehead atoms. The normalized spacial score (nSPS) is 17.6. The van der Waals surface area contributed by atoms with Crippen molar-refractivity contribution in [3.63, 3.8) is 0 Å². The average Bonchev–Trinajstić information content (AvgIpc) is 2.93. The summed E-state index contributed by atoms with van der Waals surface area (Å²) in [4.78, 5) is 43.4. The van der Waals surface area contributed by atoms with Gasteiger partial charge in [0.15, 0.2) is 5.96 Å². The van der Waals surface area contributed by atoms with E-state index in [0.717, 1.165) is 50.5 Å². The first kappa shape index (κ1) is 32.9. The molecule has 40 heavy (non-hydrogen) atoms. The number of benzene rings is 1. The number of nitrogens with two attached hydrogens (primary N) is 2. The summed E-state index contributed by atoms with van der Waals surface area (Å²) in [6, 6.07) is 6.23. The Morgan fingerprint density at radius 2 is 1.57 bits per heavy atom. The highest BCUT2D eigenvalue weighted by molar-refractivity contribution is 6.02. The number of nitrogen functional groups attached to an aromatic ring is 1. The number of rotatable bonds is 10. The van der Waals surface area contributed by atoms with E-state index in [1.54, 1.807) is 38.4 Å². The monoisotopic (exact) mass is 576 g/mol. The lowest BCUT2D eigenvalue weighted by molar-refractivity contribution is -0.142. The number of halogens is 1. The molecule has 1 saturated heterocycles. The Bertz CT molecular complexity index is 1030. The highest BCUT2D eigenvalue weighted by Crippen LogP contribution is 2.27. The molecular formula is C28H45ClN8O3. The maximum Gasteiger partial charge on any atom is 0.242 e. The molecule has 2 aliphatic rings. The number of nitrogens with one attached hydrogen (secondary N) is 4. The Kier molecular flexibility index (Phi) is 12.7. The van der Waals surface area contributed by atoms with Crippen LogP contribution in [0.5, 0.6) is 0 Å². The molecule has 1 aliphatic heterocycles. The Hall–Kier alpha value is -3.34. The largest absolute Gasteiger partial charge is 0.384 e. The molecule has 1 saturated carbocycles. The van der Waals surface area contributed by atoms with Crippen molar-refractivity contribution in [2.24, 2.45) is 29.2 Å². The maximum absolute atomic E-state index is 13.6. The van der Waals surface area contributed by atoms with E-state index in [1.165, 1.54) is 4.90 Å². The molecule has 0 unspecified atom stereocenters. The fourth-order valence-electron chi connectivity index (χ4n) is 5.51. The van der Waals surface area contributed by atoms with Crippen molar-refractivity contribution in [2.45, 2.75) is 57.4 Å². The van der Waals surface area contributed by atoms with Gasteiger partial charge in [-0.3, -0.25) is 25.2 Å². The van der Waals surface area contributed by atoms with Crippen LogP contribution >= 0.6 is 12.4 Å². The van der Waals surface area contributed by atoms with Gasteiger partial charge in [0.1, 0.15) is 17.8 Å². The zero-order valence-corrected chi connectivity index (χ0v) is 24.4. The number of amidine groups is 1. The van der Waals surface area contributed by atoms with Crippen LogP contribution in [0.1, 0.15) is 56.1 Å². The van der Waals surface area contributed by atoms with E-state index in [2.05, 4.69) is 10.6 Å². The minimum absolute atomic E-state index is 0. The zero-order valence-electron chi connectivity index (χ0n) is 23.6. The van der Waals surface area contributed by atoms with Crippen LogP contribution in [0.25, 0.3) is 0 Å². The third-order valence-corrected chi connectivity index (χ3v) is 7.98. The van der Waals surface area contributed by atoms with Crippen molar-refractivity contribution in [3.05, 3.63) is 35.4 Å². The fraction of sp³-hybridized carbons (Fsp3) is 0.607. The smallest absolute Gasteiger partial charge is 0.242 e. The highest BCUT2D eigenvalue weighted by Gasteiger charge is 2.36. The first-order valence-corrected chi connectivity index (χ1v) is 13.9. The van der Waals surface area contributed by atoms with Crippen LogP contribution < -0.4 is 22.1 Å². The van der Waals surface area contributed by atoms with Crippen LogP contribution in [-0.4, -0.2) is 79.1 Å². The predicted molar refractivity (Wildman–Crippen MR) is 158 cm³/mol. The van der Waals surface area contributed by atoms with Crippen molar-refractivity contribution in [1.82, 2.24) is 20.4 Å². The number of carbonyl (C=O) groups excluding carboxylic acids is 3. The number of nitrogens with zero attached hydrogens (tertiary/aromatic N) is 2. The summed E-state index contributed by atoms with van der Waals surface area (Å²) >= 11 is 0. The van der Waals surface area contributed by atoms with Crippen LogP contribution in [0, 0.1) is 28.6 Å². The third kappa shape index (κ3) is 9.11. The second kappa shape index (κ2) is 15.4. The lowest BCUT2D eigenvalue weighted by Gasteiger charge is -2.34. The van der Waals surface area contributed by atoms with E-state index in [4.69, 9.17) is 22.3 Å². The molecule has 12 heteroatoms. The molecule has 2 atom stereocenters. The van der Waals surface area contributed by atoms with Gasteiger partial charge in [-0.05, 0) is 49.5 Å². The van der Waals surface area contributed by atoms with Gasteiger partial charge in [0.05, 0.1) is 0 Å². The number of piperidine rings is 1. The summed E-state index contributed by atoms with van der Waals surface area (Å²) < 4.78 is 0. The molecule has 11 nitrogen and oxygen atoms in total. The van der Waals surface area contributed by atoms with E-state index >= 15 is 0 Å². The van der Waals surface area contributed by atoms with Gasteiger partial charge >= 0.3 is 0 Å². The standard InChI is InChI=1S/C28H44N8O3.ClH/c1-35(2)27(39)22(16-18-8-10-21(11-9-18)24(29)30)25(37)34-23(20-6-4-3-5-7-20)26(38)33-17-19-12-14-36(15-13-19)28(31)32;/h8-11,19-20,22-23H,3-7,12-17H2,1-2H3,(H3,29,30)(H3,31,32)(H,33,38)(H,34,37);1H/t22-,23+;/m1./s1. The van der Waals surface area contributed by atoms with Gasteiger partial charge in [-0.1, -0.05) is 43.5 Å². The van der Waals surface area contributed by atoms with E-state index in [-0.39, 0.29) is 54.3 Å². The molecule has 3 amide bonds. The summed E-state index contributed by atoms with van der Waals surface area (Å²) in [5.41, 5.74) is 12.5. The second-order valence-corrected chi connectivity index (χ2v) is 11.0. The molecule has 222 valence electrons. The van der Waals surface area contributed by atoms with Crippen LogP contribution in [-0.2, 0) is 20.8 Å². The van der Waals surface area contributed by atoms with E-state index in [0.29, 0.717) is 25.2 Å². The van der Waals surface area contributed by atoms with Gasteiger partial charge in [-0.2, -0.15) is 0 Å². The number of hydrogen-bond acceptors (Lipinski definition) is 5. The molecule has 1 aromatic carbocycles. The highest BCUT2D eigenvalue weighted by atomic mass is 35.5. The summed E-state index contributed by atoms with van der Waals surface area (Å²) in [6.45, 7) is 1.90. The molecule has 1 aliphatic carbocycles. The summed E-state index contributed by atoms with van der Waals surface area (Å²) in [6.07, 6.45) is 6.69. The second-order valence-electron chi connectivity index (χ2n) is 11.0. The van der Waals surface area contributed by atoms with Gasteiger partial charge in [0, 0.05) is 39.3 Å². The number of amides is 3. The van der Waals surface area contributed by atoms with Crippen molar-refractivity contribution in [2.75, 3.05) is 33.7 Å². The molecule has 8 N–H and O–H groups in total. The van der Waals surface area contributed by atoms with Crippen LogP contribution in [0.3, 0.4) is 0 Å². The van der Waals surface area contributed by atoms with Crippen molar-refractivity contribution in [1.29, 1.82) is 10.8 Å². The topological polar surface area (TPSA) is 181 Å². The Balaban J connectivity index is 0.00000560. The minimum atomic E-state index is -0.988. The van der Waals surface area contributed by atoms with Crippen LogP contribution in [0.4, 0.5) is 0 Å². The number of carbonyl (C=O) groups is 3. The lowest BCUT2D eigenvalue weighted by atomic mass is 9.83. The fourth-order valence-corrected chi connectivity index (χ4v) is 5.51. The molecule has 1 aromatic rings. The first-order chi connectivity index (χ1) is 18.6. The molecule has 0 aromatic heterocycles. The predicted octanol–water partition coefficient (Wildman–Crippen LogP) is 1.43. The van der Waals surface area contributed by atoms with Gasteiger partial charge in [0.2, 0.25) is 17.7 Å². The minimum Gasteiger partial charge on any atom is -0.384 e.